The molecule has 2 atom stereocenters. The van der Waals surface area contributed by atoms with Gasteiger partial charge in [-0.15, -0.1) is 0 Å². The SMILES string of the molecule is CC12CCC(CC1=NOC(=O)COc1ccccc1)C2(C)C. The molecule has 0 saturated heterocycles. The maximum Gasteiger partial charge on any atom is 0.372 e. The van der Waals surface area contributed by atoms with Crippen molar-refractivity contribution in [3.8, 4) is 5.75 Å². The summed E-state index contributed by atoms with van der Waals surface area (Å²) in [6, 6.07) is 9.23. The Balaban J connectivity index is 1.57. The molecule has 3 rings (SSSR count). The van der Waals surface area contributed by atoms with Gasteiger partial charge in [-0.25, -0.2) is 4.79 Å². The van der Waals surface area contributed by atoms with Crippen molar-refractivity contribution in [2.24, 2.45) is 21.9 Å². The maximum absolute atomic E-state index is 11.8. The Morgan fingerprint density at radius 3 is 2.59 bits per heavy atom. The summed E-state index contributed by atoms with van der Waals surface area (Å²) in [7, 11) is 0. The van der Waals surface area contributed by atoms with Crippen LogP contribution in [0.2, 0.25) is 0 Å². The molecule has 0 heterocycles. The van der Waals surface area contributed by atoms with Gasteiger partial charge in [-0.3, -0.25) is 0 Å². The van der Waals surface area contributed by atoms with Crippen molar-refractivity contribution in [2.45, 2.75) is 40.0 Å². The zero-order chi connectivity index (χ0) is 15.8. The van der Waals surface area contributed by atoms with Crippen LogP contribution in [0.3, 0.4) is 0 Å². The Labute approximate surface area is 131 Å². The molecule has 0 N–H and O–H groups in total. The summed E-state index contributed by atoms with van der Waals surface area (Å²) in [5.74, 6) is 0.844. The highest BCUT2D eigenvalue weighted by molar-refractivity contribution is 5.94. The summed E-state index contributed by atoms with van der Waals surface area (Å²) in [6.07, 6.45) is 3.31. The molecular weight excluding hydrogens is 278 g/mol. The Bertz CT molecular complexity index is 594. The van der Waals surface area contributed by atoms with E-state index in [-0.39, 0.29) is 17.4 Å². The largest absolute Gasteiger partial charge is 0.482 e. The lowest BCUT2D eigenvalue weighted by Crippen LogP contribution is -2.32. The van der Waals surface area contributed by atoms with E-state index in [1.807, 2.05) is 18.2 Å². The Morgan fingerprint density at radius 2 is 2.00 bits per heavy atom. The number of carbonyl (C=O) groups excluding carboxylic acids is 1. The third kappa shape index (κ3) is 2.40. The van der Waals surface area contributed by atoms with Crippen LogP contribution in [-0.2, 0) is 9.63 Å². The predicted octanol–water partition coefficient (Wildman–Crippen LogP) is 3.81. The lowest BCUT2D eigenvalue weighted by atomic mass is 9.70. The fourth-order valence-corrected chi connectivity index (χ4v) is 3.86. The number of fused-ring (bicyclic) bond motifs is 2. The van der Waals surface area contributed by atoms with E-state index in [4.69, 9.17) is 9.57 Å². The molecule has 4 heteroatoms. The lowest BCUT2D eigenvalue weighted by Gasteiger charge is -2.34. The summed E-state index contributed by atoms with van der Waals surface area (Å²) < 4.78 is 5.37. The smallest absolute Gasteiger partial charge is 0.372 e. The number of hydrogen-bond donors (Lipinski definition) is 0. The molecule has 1 aromatic carbocycles. The summed E-state index contributed by atoms with van der Waals surface area (Å²) in [5, 5.41) is 4.17. The summed E-state index contributed by atoms with van der Waals surface area (Å²) >= 11 is 0. The number of benzene rings is 1. The third-order valence-electron chi connectivity index (χ3n) is 5.87. The molecule has 2 fully saturated rings. The second-order valence-corrected chi connectivity index (χ2v) is 7.10. The van der Waals surface area contributed by atoms with Crippen molar-refractivity contribution in [3.63, 3.8) is 0 Å². The van der Waals surface area contributed by atoms with Crippen LogP contribution in [-0.4, -0.2) is 18.3 Å². The predicted molar refractivity (Wildman–Crippen MR) is 84.7 cm³/mol. The van der Waals surface area contributed by atoms with E-state index in [0.717, 1.165) is 18.6 Å². The number of nitrogens with zero attached hydrogens (tertiary/aromatic N) is 1. The number of rotatable bonds is 4. The molecule has 2 unspecified atom stereocenters. The molecule has 0 aromatic heterocycles. The van der Waals surface area contributed by atoms with Gasteiger partial charge in [0.2, 0.25) is 0 Å². The average Bonchev–Trinajstić information content (AvgIpc) is 2.85. The molecule has 0 aliphatic heterocycles. The highest BCUT2D eigenvalue weighted by Gasteiger charge is 2.60. The van der Waals surface area contributed by atoms with E-state index in [0.29, 0.717) is 11.7 Å². The number of hydrogen-bond acceptors (Lipinski definition) is 4. The van der Waals surface area contributed by atoms with Gasteiger partial charge in [0.15, 0.2) is 6.61 Å². The quantitative estimate of drug-likeness (QED) is 0.627. The minimum atomic E-state index is -0.458. The average molecular weight is 301 g/mol. The first-order chi connectivity index (χ1) is 10.4. The van der Waals surface area contributed by atoms with Gasteiger partial charge in [0.1, 0.15) is 5.75 Å². The standard InChI is InChI=1S/C18H23NO3/c1-17(2)13-9-10-18(17,3)15(11-13)19-22-16(20)12-21-14-7-5-4-6-8-14/h4-8,13H,9-12H2,1-3H3. The monoisotopic (exact) mass is 301 g/mol. The molecule has 2 bridgehead atoms. The van der Waals surface area contributed by atoms with Crippen LogP contribution in [0.25, 0.3) is 0 Å². The second kappa shape index (κ2) is 5.41. The first kappa shape index (κ1) is 15.1. The van der Waals surface area contributed by atoms with Gasteiger partial charge in [-0.2, -0.15) is 0 Å². The van der Waals surface area contributed by atoms with E-state index in [1.165, 1.54) is 6.42 Å². The van der Waals surface area contributed by atoms with E-state index in [1.54, 1.807) is 12.1 Å². The Kier molecular flexibility index (Phi) is 3.71. The van der Waals surface area contributed by atoms with Gasteiger partial charge in [0, 0.05) is 5.41 Å². The Hall–Kier alpha value is -1.84. The van der Waals surface area contributed by atoms with Crippen molar-refractivity contribution in [3.05, 3.63) is 30.3 Å². The third-order valence-corrected chi connectivity index (χ3v) is 5.87. The van der Waals surface area contributed by atoms with Crippen LogP contribution < -0.4 is 4.74 Å². The van der Waals surface area contributed by atoms with Gasteiger partial charge in [-0.1, -0.05) is 44.1 Å². The molecular formula is C18H23NO3. The lowest BCUT2D eigenvalue weighted by molar-refractivity contribution is -0.146. The first-order valence-electron chi connectivity index (χ1n) is 7.88. The minimum Gasteiger partial charge on any atom is -0.482 e. The normalized spacial score (nSPS) is 30.5. The van der Waals surface area contributed by atoms with Gasteiger partial charge >= 0.3 is 5.97 Å². The van der Waals surface area contributed by atoms with Gasteiger partial charge in [0.25, 0.3) is 0 Å². The van der Waals surface area contributed by atoms with Crippen LogP contribution in [0.4, 0.5) is 0 Å². The van der Waals surface area contributed by atoms with Gasteiger partial charge in [-0.05, 0) is 42.7 Å². The fraction of sp³-hybridized carbons (Fsp3) is 0.556. The van der Waals surface area contributed by atoms with Crippen molar-refractivity contribution in [1.82, 2.24) is 0 Å². The van der Waals surface area contributed by atoms with Crippen molar-refractivity contribution in [1.29, 1.82) is 0 Å². The summed E-state index contributed by atoms with van der Waals surface area (Å²) in [5.41, 5.74) is 1.32. The van der Waals surface area contributed by atoms with Crippen LogP contribution in [0.5, 0.6) is 5.75 Å². The topological polar surface area (TPSA) is 47.9 Å². The van der Waals surface area contributed by atoms with Crippen LogP contribution in [0, 0.1) is 16.7 Å². The molecule has 0 radical (unpaired) electrons. The molecule has 2 saturated carbocycles. The highest BCUT2D eigenvalue weighted by Crippen LogP contribution is 2.63. The zero-order valence-corrected chi connectivity index (χ0v) is 13.5. The highest BCUT2D eigenvalue weighted by atomic mass is 16.7. The fourth-order valence-electron chi connectivity index (χ4n) is 3.86. The number of ether oxygens (including phenoxy) is 1. The molecule has 118 valence electrons. The molecule has 0 spiro atoms. The summed E-state index contributed by atoms with van der Waals surface area (Å²) in [4.78, 5) is 16.9. The number of para-hydroxylation sites is 1. The second-order valence-electron chi connectivity index (χ2n) is 7.10. The van der Waals surface area contributed by atoms with Crippen LogP contribution >= 0.6 is 0 Å². The van der Waals surface area contributed by atoms with Crippen molar-refractivity contribution in [2.75, 3.05) is 6.61 Å². The van der Waals surface area contributed by atoms with Gasteiger partial charge < -0.3 is 9.57 Å². The first-order valence-corrected chi connectivity index (χ1v) is 7.88. The molecule has 2 aliphatic carbocycles. The zero-order valence-electron chi connectivity index (χ0n) is 13.5. The Morgan fingerprint density at radius 1 is 1.27 bits per heavy atom. The van der Waals surface area contributed by atoms with E-state index in [2.05, 4.69) is 25.9 Å². The van der Waals surface area contributed by atoms with Crippen LogP contribution in [0.15, 0.2) is 35.5 Å². The molecule has 2 aliphatic rings. The molecule has 1 aromatic rings. The molecule has 4 nitrogen and oxygen atoms in total. The molecule has 0 amide bonds. The number of oxime groups is 1. The van der Waals surface area contributed by atoms with E-state index >= 15 is 0 Å². The minimum absolute atomic E-state index is 0.0538. The summed E-state index contributed by atoms with van der Waals surface area (Å²) in [6.45, 7) is 6.72. The molecule has 22 heavy (non-hydrogen) atoms. The van der Waals surface area contributed by atoms with Gasteiger partial charge in [0.05, 0.1) is 5.71 Å². The maximum atomic E-state index is 11.8. The van der Waals surface area contributed by atoms with E-state index < -0.39 is 5.97 Å². The number of carbonyl (C=O) groups is 1. The van der Waals surface area contributed by atoms with Crippen LogP contribution in [0.1, 0.15) is 40.0 Å². The van der Waals surface area contributed by atoms with Crippen molar-refractivity contribution < 1.29 is 14.4 Å². The van der Waals surface area contributed by atoms with Crippen molar-refractivity contribution >= 4 is 11.7 Å². The van der Waals surface area contributed by atoms with E-state index in [9.17, 15) is 4.79 Å².